The molecule has 0 aliphatic carbocycles. The zero-order valence-corrected chi connectivity index (χ0v) is 9.29. The first-order valence-corrected chi connectivity index (χ1v) is 5.20. The average Bonchev–Trinajstić information content (AvgIpc) is 1.88. The van der Waals surface area contributed by atoms with E-state index in [4.69, 9.17) is 9.22 Å². The number of aromatic hydroxyl groups is 1. The normalized spacial score (nSPS) is 11.2. The molecule has 1 N–H and O–H groups in total. The Morgan fingerprint density at radius 3 is 2.90 bits per heavy atom. The molecule has 1 aromatic carbocycles. The van der Waals surface area contributed by atoms with Gasteiger partial charge in [-0.15, -0.1) is 0 Å². The molecule has 2 nitrogen and oxygen atoms in total. The summed E-state index contributed by atoms with van der Waals surface area (Å²) in [5, 5.41) is 10.2. The van der Waals surface area contributed by atoms with E-state index < -0.39 is 9.76 Å². The zero-order valence-electron chi connectivity index (χ0n) is 5.87. The number of phenols is 1. The number of benzene rings is 1. The van der Waals surface area contributed by atoms with Crippen molar-refractivity contribution in [1.82, 2.24) is 0 Å². The molecule has 0 spiro atoms. The summed E-state index contributed by atoms with van der Waals surface area (Å²) in [5.41, 5.74) is 0. The molecule has 0 aliphatic rings. The summed E-state index contributed by atoms with van der Waals surface area (Å²) in [7, 11) is 0.281. The van der Waals surface area contributed by atoms with E-state index in [9.17, 15) is 0 Å². The Bertz CT molecular complexity index is 215. The van der Waals surface area contributed by atoms with Gasteiger partial charge in [0.05, 0.1) is 0 Å². The highest BCUT2D eigenvalue weighted by atomic mass is 28.3. The maximum atomic E-state index is 9.02. The first-order valence-electron chi connectivity index (χ1n) is 3.10. The van der Waals surface area contributed by atoms with Crippen LogP contribution in [0.1, 0.15) is 0 Å². The van der Waals surface area contributed by atoms with Crippen molar-refractivity contribution in [2.45, 2.75) is 0 Å². The lowest BCUT2D eigenvalue weighted by Gasteiger charge is -1.97. The number of hydrogen-bond donors (Lipinski definition) is 1. The summed E-state index contributed by atoms with van der Waals surface area (Å²) in [4.78, 5) is 0. The third-order valence-corrected chi connectivity index (χ3v) is 3.15. The van der Waals surface area contributed by atoms with E-state index >= 15 is 0 Å². The van der Waals surface area contributed by atoms with Crippen LogP contribution in [0, 0.1) is 0 Å². The summed E-state index contributed by atoms with van der Waals surface area (Å²) < 4.78 is 5.15. The molecule has 0 fully saturated rings. The Hall–Kier alpha value is -0.586. The number of hydrogen-bond acceptors (Lipinski definition) is 2. The molecular weight excluding hydrogens is 160 g/mol. The quantitative estimate of drug-likeness (QED) is 0.542. The molecule has 0 saturated carbocycles. The fourth-order valence-corrected chi connectivity index (χ4v) is 2.67. The Kier molecular flexibility index (Phi) is 2.67. The molecule has 4 heteroatoms. The van der Waals surface area contributed by atoms with Crippen LogP contribution in [0.4, 0.5) is 0 Å². The van der Waals surface area contributed by atoms with Crippen molar-refractivity contribution in [2.75, 3.05) is 0 Å². The minimum absolute atomic E-state index is 0.337. The Balaban J connectivity index is 2.75. The van der Waals surface area contributed by atoms with E-state index in [1.54, 1.807) is 12.1 Å². The summed E-state index contributed by atoms with van der Waals surface area (Å²) in [6.45, 7) is 0. The standard InChI is InChI=1S/C6H10O2Si2/c7-5-2-1-3-6(4-5)10-8-9/h1-4,7H,10H2,9H3. The van der Waals surface area contributed by atoms with Gasteiger partial charge in [-0.3, -0.25) is 0 Å². The van der Waals surface area contributed by atoms with Gasteiger partial charge in [-0.1, -0.05) is 12.1 Å². The second kappa shape index (κ2) is 3.55. The fraction of sp³-hybridized carbons (Fsp3) is 0. The highest BCUT2D eigenvalue weighted by molar-refractivity contribution is 6.50. The van der Waals surface area contributed by atoms with Gasteiger partial charge in [-0.05, 0) is 17.3 Å². The molecule has 1 aromatic rings. The summed E-state index contributed by atoms with van der Waals surface area (Å²) in [6, 6.07) is 7.27. The van der Waals surface area contributed by atoms with E-state index in [1.165, 1.54) is 0 Å². The Morgan fingerprint density at radius 1 is 1.50 bits per heavy atom. The molecule has 0 saturated heterocycles. The lowest BCUT2D eigenvalue weighted by molar-refractivity contribution is 0.475. The van der Waals surface area contributed by atoms with E-state index in [-0.39, 0.29) is 0 Å². The van der Waals surface area contributed by atoms with Gasteiger partial charge in [0.15, 0.2) is 9.76 Å². The minimum Gasteiger partial charge on any atom is -0.508 e. The van der Waals surface area contributed by atoms with Crippen LogP contribution >= 0.6 is 0 Å². The second-order valence-corrected chi connectivity index (χ2v) is 5.52. The fourth-order valence-electron chi connectivity index (χ4n) is 0.813. The van der Waals surface area contributed by atoms with Crippen LogP contribution in [0.3, 0.4) is 0 Å². The van der Waals surface area contributed by atoms with Crippen molar-refractivity contribution in [1.29, 1.82) is 0 Å². The van der Waals surface area contributed by atoms with E-state index in [0.29, 0.717) is 5.75 Å². The molecule has 1 rings (SSSR count). The van der Waals surface area contributed by atoms with Crippen molar-refractivity contribution in [3.05, 3.63) is 24.3 Å². The predicted molar refractivity (Wildman–Crippen MR) is 47.3 cm³/mol. The smallest absolute Gasteiger partial charge is 0.178 e. The topological polar surface area (TPSA) is 29.5 Å². The molecule has 0 bridgehead atoms. The molecule has 10 heavy (non-hydrogen) atoms. The average molecular weight is 170 g/mol. The van der Waals surface area contributed by atoms with Crippen LogP contribution in [-0.2, 0) is 4.12 Å². The summed E-state index contributed by atoms with van der Waals surface area (Å²) >= 11 is 0. The molecule has 0 amide bonds. The molecule has 0 aliphatic heterocycles. The van der Waals surface area contributed by atoms with Crippen molar-refractivity contribution in [2.24, 2.45) is 0 Å². The first-order chi connectivity index (χ1) is 4.83. The van der Waals surface area contributed by atoms with E-state index in [1.807, 2.05) is 12.1 Å². The SMILES string of the molecule is Oc1cccc([SiH2]O[SiH3])c1. The predicted octanol–water partition coefficient (Wildman–Crippen LogP) is -1.60. The van der Waals surface area contributed by atoms with Gasteiger partial charge < -0.3 is 9.22 Å². The zero-order chi connectivity index (χ0) is 7.40. The third kappa shape index (κ3) is 1.98. The highest BCUT2D eigenvalue weighted by Gasteiger charge is 1.91. The van der Waals surface area contributed by atoms with Gasteiger partial charge in [-0.25, -0.2) is 0 Å². The number of phenolic OH excluding ortho intramolecular Hbond substituents is 1. The van der Waals surface area contributed by atoms with E-state index in [2.05, 4.69) is 0 Å². The van der Waals surface area contributed by atoms with Gasteiger partial charge in [-0.2, -0.15) is 0 Å². The molecule has 0 atom stereocenters. The molecule has 0 heterocycles. The minimum atomic E-state index is -0.521. The first kappa shape index (κ1) is 7.52. The van der Waals surface area contributed by atoms with Crippen LogP contribution in [0.25, 0.3) is 0 Å². The van der Waals surface area contributed by atoms with Crippen molar-refractivity contribution < 1.29 is 9.22 Å². The largest absolute Gasteiger partial charge is 0.508 e. The molecule has 0 unspecified atom stereocenters. The van der Waals surface area contributed by atoms with Crippen molar-refractivity contribution >= 4 is 25.4 Å². The second-order valence-electron chi connectivity index (χ2n) is 2.10. The Morgan fingerprint density at radius 2 is 2.30 bits per heavy atom. The van der Waals surface area contributed by atoms with E-state index in [0.717, 1.165) is 15.7 Å². The van der Waals surface area contributed by atoms with Crippen LogP contribution in [0.5, 0.6) is 5.75 Å². The third-order valence-electron chi connectivity index (χ3n) is 1.22. The van der Waals surface area contributed by atoms with Crippen LogP contribution < -0.4 is 5.19 Å². The van der Waals surface area contributed by atoms with Gasteiger partial charge in [0.1, 0.15) is 16.2 Å². The molecule has 54 valence electrons. The van der Waals surface area contributed by atoms with Crippen molar-refractivity contribution in [3.63, 3.8) is 0 Å². The van der Waals surface area contributed by atoms with Gasteiger partial charge in [0.2, 0.25) is 0 Å². The van der Waals surface area contributed by atoms with Crippen molar-refractivity contribution in [3.8, 4) is 5.75 Å². The monoisotopic (exact) mass is 170 g/mol. The maximum absolute atomic E-state index is 9.02. The molecular formula is C6H10O2Si2. The van der Waals surface area contributed by atoms with Crippen LogP contribution in [0.15, 0.2) is 24.3 Å². The van der Waals surface area contributed by atoms with Gasteiger partial charge in [0, 0.05) is 0 Å². The number of rotatable bonds is 2. The van der Waals surface area contributed by atoms with Gasteiger partial charge in [0.25, 0.3) is 0 Å². The van der Waals surface area contributed by atoms with Gasteiger partial charge >= 0.3 is 0 Å². The van der Waals surface area contributed by atoms with Crippen LogP contribution in [0.2, 0.25) is 0 Å². The molecule has 0 radical (unpaired) electrons. The Labute approximate surface area is 65.3 Å². The summed E-state index contributed by atoms with van der Waals surface area (Å²) in [6.07, 6.45) is 0. The molecule has 0 aromatic heterocycles. The maximum Gasteiger partial charge on any atom is 0.178 e. The van der Waals surface area contributed by atoms with Crippen LogP contribution in [-0.4, -0.2) is 25.4 Å². The lowest BCUT2D eigenvalue weighted by Crippen LogP contribution is -2.15. The highest BCUT2D eigenvalue weighted by Crippen LogP contribution is 2.01. The lowest BCUT2D eigenvalue weighted by atomic mass is 10.3. The summed E-state index contributed by atoms with van der Waals surface area (Å²) in [5.74, 6) is 0.337.